The fourth-order valence-electron chi connectivity index (χ4n) is 1.71. The Bertz CT molecular complexity index is 535. The molecular formula is C13H21ClN2O2. The van der Waals surface area contributed by atoms with Crippen LogP contribution in [0.25, 0.3) is 0 Å². The molecule has 18 heavy (non-hydrogen) atoms. The van der Waals surface area contributed by atoms with Crippen molar-refractivity contribution in [3.63, 3.8) is 0 Å². The standard InChI is InChI=1S/C13H21ClN2O2/c1-8(2)9-10(14)15-12(18)16(11(9)17)7-6-13(3,4)5/h8H,6-7H2,1-5H3,(H,15,18). The van der Waals surface area contributed by atoms with Crippen LogP contribution in [-0.2, 0) is 6.54 Å². The van der Waals surface area contributed by atoms with E-state index in [2.05, 4.69) is 25.8 Å². The molecule has 0 spiro atoms. The van der Waals surface area contributed by atoms with Crippen LogP contribution in [0, 0.1) is 5.41 Å². The van der Waals surface area contributed by atoms with Crippen LogP contribution in [0.1, 0.15) is 52.5 Å². The van der Waals surface area contributed by atoms with E-state index >= 15 is 0 Å². The summed E-state index contributed by atoms with van der Waals surface area (Å²) in [5.41, 5.74) is -0.157. The molecule has 0 radical (unpaired) electrons. The molecule has 1 aromatic heterocycles. The van der Waals surface area contributed by atoms with Gasteiger partial charge in [-0.15, -0.1) is 0 Å². The highest BCUT2D eigenvalue weighted by molar-refractivity contribution is 6.30. The SMILES string of the molecule is CC(C)c1c(Cl)[nH]c(=O)n(CCC(C)(C)C)c1=O. The van der Waals surface area contributed by atoms with Gasteiger partial charge in [0.15, 0.2) is 0 Å². The van der Waals surface area contributed by atoms with Gasteiger partial charge >= 0.3 is 5.69 Å². The van der Waals surface area contributed by atoms with E-state index in [-0.39, 0.29) is 22.0 Å². The van der Waals surface area contributed by atoms with Crippen molar-refractivity contribution < 1.29 is 0 Å². The zero-order valence-corrected chi connectivity index (χ0v) is 12.4. The lowest BCUT2D eigenvalue weighted by Crippen LogP contribution is -2.38. The van der Waals surface area contributed by atoms with Crippen LogP contribution in [0.4, 0.5) is 0 Å². The molecule has 0 aliphatic heterocycles. The Morgan fingerprint density at radius 2 is 1.83 bits per heavy atom. The molecule has 0 saturated heterocycles. The van der Waals surface area contributed by atoms with Crippen molar-refractivity contribution in [2.75, 3.05) is 0 Å². The molecule has 4 nitrogen and oxygen atoms in total. The average molecular weight is 273 g/mol. The number of hydrogen-bond donors (Lipinski definition) is 1. The Morgan fingerprint density at radius 1 is 1.28 bits per heavy atom. The summed E-state index contributed by atoms with van der Waals surface area (Å²) in [5, 5.41) is 0.159. The zero-order chi connectivity index (χ0) is 14.1. The first-order valence-corrected chi connectivity index (χ1v) is 6.54. The number of aromatic amines is 1. The highest BCUT2D eigenvalue weighted by atomic mass is 35.5. The van der Waals surface area contributed by atoms with Crippen LogP contribution >= 0.6 is 11.6 Å². The molecule has 0 fully saturated rings. The van der Waals surface area contributed by atoms with Crippen molar-refractivity contribution in [1.29, 1.82) is 0 Å². The topological polar surface area (TPSA) is 54.9 Å². The molecule has 1 heterocycles. The number of rotatable bonds is 3. The first kappa shape index (κ1) is 15.0. The number of aromatic nitrogens is 2. The zero-order valence-electron chi connectivity index (χ0n) is 11.6. The second-order valence-electron chi connectivity index (χ2n) is 6.08. The Labute approximate surface area is 112 Å². The summed E-state index contributed by atoms with van der Waals surface area (Å²) in [4.78, 5) is 26.5. The molecular weight excluding hydrogens is 252 g/mol. The molecule has 1 N–H and O–H groups in total. The Hall–Kier alpha value is -1.03. The van der Waals surface area contributed by atoms with E-state index in [0.717, 1.165) is 6.42 Å². The number of nitrogens with one attached hydrogen (secondary N) is 1. The van der Waals surface area contributed by atoms with Crippen LogP contribution in [0.3, 0.4) is 0 Å². The van der Waals surface area contributed by atoms with Crippen molar-refractivity contribution in [2.24, 2.45) is 5.41 Å². The lowest BCUT2D eigenvalue weighted by molar-refractivity contribution is 0.343. The van der Waals surface area contributed by atoms with Gasteiger partial charge in [0.1, 0.15) is 5.15 Å². The predicted molar refractivity (Wildman–Crippen MR) is 74.5 cm³/mol. The summed E-state index contributed by atoms with van der Waals surface area (Å²) in [6, 6.07) is 0. The van der Waals surface area contributed by atoms with E-state index in [1.54, 1.807) is 0 Å². The quantitative estimate of drug-likeness (QED) is 0.860. The second kappa shape index (κ2) is 5.31. The van der Waals surface area contributed by atoms with Crippen LogP contribution in [0.5, 0.6) is 0 Å². The maximum atomic E-state index is 12.2. The molecule has 0 aliphatic carbocycles. The molecule has 5 heteroatoms. The lowest BCUT2D eigenvalue weighted by Gasteiger charge is -2.19. The second-order valence-corrected chi connectivity index (χ2v) is 6.46. The van der Waals surface area contributed by atoms with Crippen molar-refractivity contribution >= 4 is 11.6 Å². The van der Waals surface area contributed by atoms with Crippen LogP contribution in [0.15, 0.2) is 9.59 Å². The fourth-order valence-corrected chi connectivity index (χ4v) is 2.09. The summed E-state index contributed by atoms with van der Waals surface area (Å²) in [5.74, 6) is -0.0114. The molecule has 0 atom stereocenters. The van der Waals surface area contributed by atoms with Gasteiger partial charge in [-0.1, -0.05) is 46.2 Å². The van der Waals surface area contributed by atoms with Gasteiger partial charge < -0.3 is 0 Å². The molecule has 0 aromatic carbocycles. The van der Waals surface area contributed by atoms with Gasteiger partial charge in [-0.3, -0.25) is 14.3 Å². The van der Waals surface area contributed by atoms with Crippen molar-refractivity contribution in [2.45, 2.75) is 53.5 Å². The first-order valence-electron chi connectivity index (χ1n) is 6.16. The van der Waals surface area contributed by atoms with Gasteiger partial charge in [0.2, 0.25) is 0 Å². The number of halogens is 1. The monoisotopic (exact) mass is 272 g/mol. The lowest BCUT2D eigenvalue weighted by atomic mass is 9.92. The summed E-state index contributed by atoms with van der Waals surface area (Å²) >= 11 is 5.92. The average Bonchev–Trinajstić information content (AvgIpc) is 2.13. The molecule has 0 unspecified atom stereocenters. The van der Waals surface area contributed by atoms with E-state index in [9.17, 15) is 9.59 Å². The minimum atomic E-state index is -0.432. The van der Waals surface area contributed by atoms with E-state index < -0.39 is 5.69 Å². The Morgan fingerprint density at radius 3 is 2.28 bits per heavy atom. The normalized spacial score (nSPS) is 12.2. The van der Waals surface area contributed by atoms with E-state index in [4.69, 9.17) is 11.6 Å². The maximum absolute atomic E-state index is 12.2. The van der Waals surface area contributed by atoms with Crippen LogP contribution in [-0.4, -0.2) is 9.55 Å². The van der Waals surface area contributed by atoms with Gasteiger partial charge in [0, 0.05) is 6.54 Å². The van der Waals surface area contributed by atoms with Gasteiger partial charge in [-0.25, -0.2) is 4.79 Å². The molecule has 102 valence electrons. The van der Waals surface area contributed by atoms with Gasteiger partial charge in [-0.2, -0.15) is 0 Å². The van der Waals surface area contributed by atoms with E-state index in [0.29, 0.717) is 12.1 Å². The van der Waals surface area contributed by atoms with Gasteiger partial charge in [0.25, 0.3) is 5.56 Å². The van der Waals surface area contributed by atoms with E-state index in [1.807, 2.05) is 13.8 Å². The van der Waals surface area contributed by atoms with Crippen molar-refractivity contribution in [3.8, 4) is 0 Å². The van der Waals surface area contributed by atoms with E-state index in [1.165, 1.54) is 4.57 Å². The third kappa shape index (κ3) is 3.48. The minimum absolute atomic E-state index is 0.0114. The Kier molecular flexibility index (Phi) is 4.43. The third-order valence-corrected chi connectivity index (χ3v) is 3.13. The van der Waals surface area contributed by atoms with Crippen molar-refractivity contribution in [1.82, 2.24) is 9.55 Å². The summed E-state index contributed by atoms with van der Waals surface area (Å²) in [6.07, 6.45) is 0.759. The largest absolute Gasteiger partial charge is 0.329 e. The number of nitrogens with zero attached hydrogens (tertiary/aromatic N) is 1. The van der Waals surface area contributed by atoms with Crippen LogP contribution < -0.4 is 11.2 Å². The molecule has 1 rings (SSSR count). The summed E-state index contributed by atoms with van der Waals surface area (Å²) < 4.78 is 1.24. The molecule has 0 saturated carbocycles. The smallest absolute Gasteiger partial charge is 0.297 e. The van der Waals surface area contributed by atoms with Gasteiger partial charge in [0.05, 0.1) is 5.56 Å². The fraction of sp³-hybridized carbons (Fsp3) is 0.692. The van der Waals surface area contributed by atoms with Crippen molar-refractivity contribution in [3.05, 3.63) is 31.6 Å². The maximum Gasteiger partial charge on any atom is 0.329 e. The summed E-state index contributed by atoms with van der Waals surface area (Å²) in [6.45, 7) is 10.4. The molecule has 0 aliphatic rings. The number of H-pyrrole nitrogens is 1. The third-order valence-electron chi connectivity index (χ3n) is 2.84. The minimum Gasteiger partial charge on any atom is -0.297 e. The summed E-state index contributed by atoms with van der Waals surface area (Å²) in [7, 11) is 0. The first-order chi connectivity index (χ1) is 8.13. The molecule has 0 amide bonds. The van der Waals surface area contributed by atoms with Gasteiger partial charge in [-0.05, 0) is 17.8 Å². The number of hydrogen-bond acceptors (Lipinski definition) is 2. The molecule has 0 bridgehead atoms. The highest BCUT2D eigenvalue weighted by Crippen LogP contribution is 2.19. The highest BCUT2D eigenvalue weighted by Gasteiger charge is 2.17. The Balaban J connectivity index is 3.25. The van der Waals surface area contributed by atoms with Crippen LogP contribution in [0.2, 0.25) is 5.15 Å². The molecule has 1 aromatic rings. The predicted octanol–water partition coefficient (Wildman–Crippen LogP) is 2.75.